The fourth-order valence-corrected chi connectivity index (χ4v) is 9.23. The van der Waals surface area contributed by atoms with Crippen LogP contribution in [0.4, 0.5) is 40.3 Å². The summed E-state index contributed by atoms with van der Waals surface area (Å²) in [6.45, 7) is 10.5. The molecule has 0 atom stereocenters. The molecule has 0 saturated carbocycles. The van der Waals surface area contributed by atoms with Crippen LogP contribution in [-0.4, -0.2) is 9.55 Å². The minimum absolute atomic E-state index is 0. The standard InChI is InChI=1S/C59H41F4N4O.Pt/c1-36-12-5-6-13-48(36)39-28-45(33-47(29-39)68-46-20-21-52-51-14-7-8-17-53(51)67(56(52)34-46)57-30-40(22-23-64-57)59(2,3)4)65-35-66(55-19-10-9-18-54(55)65)58-49(37-24-41(60)31-42(61)25-37)15-11-16-50(58)38-26-43(62)32-44(63)27-38;/h5-32,35H,1-4H3;/q-3;. The molecule has 5 nitrogen and oxygen atoms in total. The van der Waals surface area contributed by atoms with Gasteiger partial charge in [0.1, 0.15) is 29.1 Å². The van der Waals surface area contributed by atoms with E-state index in [0.717, 1.165) is 67.7 Å². The molecule has 10 aromatic rings. The van der Waals surface area contributed by atoms with Gasteiger partial charge in [0.25, 0.3) is 0 Å². The molecule has 0 radical (unpaired) electrons. The quantitative estimate of drug-likeness (QED) is 0.112. The van der Waals surface area contributed by atoms with Crippen LogP contribution in [0, 0.1) is 49.0 Å². The van der Waals surface area contributed by atoms with Crippen LogP contribution in [0.15, 0.2) is 170 Å². The number of rotatable bonds is 8. The van der Waals surface area contributed by atoms with Gasteiger partial charge in [0.05, 0.1) is 0 Å². The van der Waals surface area contributed by atoms with Crippen LogP contribution in [0.3, 0.4) is 0 Å². The first-order chi connectivity index (χ1) is 32.9. The molecule has 69 heavy (non-hydrogen) atoms. The van der Waals surface area contributed by atoms with Crippen molar-refractivity contribution in [3.8, 4) is 50.7 Å². The van der Waals surface area contributed by atoms with E-state index < -0.39 is 23.3 Å². The van der Waals surface area contributed by atoms with E-state index in [-0.39, 0.29) is 37.6 Å². The molecule has 0 spiro atoms. The van der Waals surface area contributed by atoms with Crippen LogP contribution in [0.2, 0.25) is 0 Å². The average molecular weight is 1090 g/mol. The molecule has 10 heteroatoms. The van der Waals surface area contributed by atoms with E-state index in [1.807, 2.05) is 95.5 Å². The van der Waals surface area contributed by atoms with E-state index in [2.05, 4.69) is 80.8 Å². The van der Waals surface area contributed by atoms with E-state index in [0.29, 0.717) is 39.7 Å². The van der Waals surface area contributed by atoms with Gasteiger partial charge in [-0.2, -0.15) is 6.07 Å². The Morgan fingerprint density at radius 1 is 0.551 bits per heavy atom. The summed E-state index contributed by atoms with van der Waals surface area (Å²) < 4.78 is 68.8. The molecular formula is C59H41F4N4OPt-3. The number of aromatic nitrogens is 2. The Hall–Kier alpha value is -7.48. The molecule has 11 rings (SSSR count). The van der Waals surface area contributed by atoms with Crippen LogP contribution in [0.1, 0.15) is 31.9 Å². The molecule has 8 aromatic carbocycles. The predicted molar refractivity (Wildman–Crippen MR) is 264 cm³/mol. The number of halogens is 4. The van der Waals surface area contributed by atoms with Crippen molar-refractivity contribution in [2.45, 2.75) is 33.1 Å². The number of benzene rings is 8. The SMILES string of the molecule is Cc1ccccc1-c1cc(Oc2[c-]c3c(cc2)c2ccccc2n3-c2cc(C(C)(C)C)ccn2)[c-]c(N2[CH-]N(c3c(-c4cc(F)cc(F)c4)cccc3-c3cc(F)cc(F)c3)c3ccccc32)c1.[Pt]. The molecule has 1 aliphatic rings. The molecule has 2 aromatic heterocycles. The summed E-state index contributed by atoms with van der Waals surface area (Å²) in [6.07, 6.45) is 1.85. The number of hydrogen-bond acceptors (Lipinski definition) is 4. The molecule has 344 valence electrons. The van der Waals surface area contributed by atoms with E-state index in [1.165, 1.54) is 24.3 Å². The summed E-state index contributed by atoms with van der Waals surface area (Å²) in [7, 11) is 0. The van der Waals surface area contributed by atoms with Gasteiger partial charge >= 0.3 is 0 Å². The van der Waals surface area contributed by atoms with Crippen molar-refractivity contribution in [2.24, 2.45) is 0 Å². The third kappa shape index (κ3) is 8.46. The number of aryl methyl sites for hydroxylation is 1. The molecule has 0 saturated heterocycles. The van der Waals surface area contributed by atoms with Crippen molar-refractivity contribution in [2.75, 3.05) is 9.80 Å². The Bertz CT molecular complexity index is 3510. The number of pyridine rings is 1. The Labute approximate surface area is 412 Å². The first-order valence-corrected chi connectivity index (χ1v) is 22.2. The number of hydrogen-bond donors (Lipinski definition) is 0. The largest absolute Gasteiger partial charge is 0.509 e. The minimum atomic E-state index is -0.764. The fraction of sp³-hybridized carbons (Fsp3) is 0.0847. The Morgan fingerprint density at radius 3 is 1.81 bits per heavy atom. The predicted octanol–water partition coefficient (Wildman–Crippen LogP) is 16.1. The van der Waals surface area contributed by atoms with Crippen LogP contribution in [-0.2, 0) is 26.5 Å². The topological polar surface area (TPSA) is 33.5 Å². The van der Waals surface area contributed by atoms with Gasteiger partial charge in [-0.1, -0.05) is 99.1 Å². The summed E-state index contributed by atoms with van der Waals surface area (Å²) in [6, 6.07) is 55.0. The van der Waals surface area contributed by atoms with Gasteiger partial charge in [-0.05, 0) is 100 Å². The van der Waals surface area contributed by atoms with Crippen LogP contribution in [0.25, 0.3) is 61.0 Å². The summed E-state index contributed by atoms with van der Waals surface area (Å²) in [5, 5.41) is 2.06. The van der Waals surface area contributed by atoms with Gasteiger partial charge in [0.2, 0.25) is 0 Å². The third-order valence-electron chi connectivity index (χ3n) is 12.4. The zero-order valence-electron chi connectivity index (χ0n) is 37.8. The molecule has 0 aliphatic carbocycles. The molecule has 0 N–H and O–H groups in total. The maximum atomic E-state index is 15.0. The van der Waals surface area contributed by atoms with Crippen molar-refractivity contribution in [3.63, 3.8) is 0 Å². The first-order valence-electron chi connectivity index (χ1n) is 22.2. The maximum Gasteiger partial charge on any atom is 0.135 e. The second kappa shape index (κ2) is 17.9. The van der Waals surface area contributed by atoms with Crippen molar-refractivity contribution in [1.82, 2.24) is 9.55 Å². The Kier molecular flexibility index (Phi) is 11.7. The summed E-state index contributed by atoms with van der Waals surface area (Å²) in [5.41, 5.74) is 9.61. The van der Waals surface area contributed by atoms with E-state index in [1.54, 1.807) is 18.2 Å². The number of fused-ring (bicyclic) bond motifs is 4. The average Bonchev–Trinajstić information content (AvgIpc) is 3.86. The summed E-state index contributed by atoms with van der Waals surface area (Å²) in [5.74, 6) is -1.40. The van der Waals surface area contributed by atoms with Crippen molar-refractivity contribution in [1.29, 1.82) is 0 Å². The van der Waals surface area contributed by atoms with Gasteiger partial charge in [0, 0.05) is 84.6 Å². The van der Waals surface area contributed by atoms with Gasteiger partial charge in [0.15, 0.2) is 0 Å². The molecule has 1 aliphatic heterocycles. The molecule has 0 fully saturated rings. The van der Waals surface area contributed by atoms with Crippen molar-refractivity contribution >= 4 is 44.6 Å². The molecule has 0 amide bonds. The zero-order valence-corrected chi connectivity index (χ0v) is 40.0. The second-order valence-corrected chi connectivity index (χ2v) is 18.0. The molecular weight excluding hydrogens is 1050 g/mol. The summed E-state index contributed by atoms with van der Waals surface area (Å²) >= 11 is 0. The first kappa shape index (κ1) is 45.3. The van der Waals surface area contributed by atoms with Gasteiger partial charge in [-0.15, -0.1) is 53.6 Å². The summed E-state index contributed by atoms with van der Waals surface area (Å²) in [4.78, 5) is 8.68. The van der Waals surface area contributed by atoms with E-state index in [9.17, 15) is 17.6 Å². The Morgan fingerprint density at radius 2 is 1.14 bits per heavy atom. The Balaban J connectivity index is 0.00000553. The van der Waals surface area contributed by atoms with Gasteiger partial charge in [-0.3, -0.25) is 0 Å². The number of para-hydroxylation sites is 4. The van der Waals surface area contributed by atoms with E-state index >= 15 is 0 Å². The van der Waals surface area contributed by atoms with Gasteiger partial charge < -0.3 is 19.1 Å². The number of ether oxygens (including phenoxy) is 1. The second-order valence-electron chi connectivity index (χ2n) is 18.0. The van der Waals surface area contributed by atoms with E-state index in [4.69, 9.17) is 9.72 Å². The normalized spacial score (nSPS) is 12.4. The minimum Gasteiger partial charge on any atom is -0.509 e. The molecule has 3 heterocycles. The third-order valence-corrected chi connectivity index (χ3v) is 12.4. The van der Waals surface area contributed by atoms with Crippen molar-refractivity contribution in [3.05, 3.63) is 223 Å². The number of nitrogens with zero attached hydrogens (tertiary/aromatic N) is 4. The van der Waals surface area contributed by atoms with Crippen molar-refractivity contribution < 1.29 is 43.4 Å². The van der Waals surface area contributed by atoms with Gasteiger partial charge in [-0.25, -0.2) is 22.5 Å². The van der Waals surface area contributed by atoms with Crippen LogP contribution >= 0.6 is 0 Å². The smallest absolute Gasteiger partial charge is 0.135 e. The van der Waals surface area contributed by atoms with Crippen LogP contribution in [0.5, 0.6) is 11.5 Å². The van der Waals surface area contributed by atoms with Crippen LogP contribution < -0.4 is 14.5 Å². The zero-order chi connectivity index (χ0) is 46.8. The molecule has 0 bridgehead atoms. The number of anilines is 4. The molecule has 0 unspecified atom stereocenters. The maximum absolute atomic E-state index is 15.0. The monoisotopic (exact) mass is 1090 g/mol. The fourth-order valence-electron chi connectivity index (χ4n) is 9.23.